The maximum absolute atomic E-state index is 2.56. The quantitative estimate of drug-likeness (QED) is 0.412. The largest absolute Gasteiger partial charge is 0.110 e. The summed E-state index contributed by atoms with van der Waals surface area (Å²) in [5.74, 6) is 0. The predicted molar refractivity (Wildman–Crippen MR) is 78.2 cm³/mol. The van der Waals surface area contributed by atoms with Crippen LogP contribution >= 0.6 is 0 Å². The summed E-state index contributed by atoms with van der Waals surface area (Å²) >= 11 is 0. The molecule has 0 saturated heterocycles. The fraction of sp³-hybridized carbons (Fsp3) is 0.556. The van der Waals surface area contributed by atoms with Crippen molar-refractivity contribution >= 4 is 38.1 Å². The maximum atomic E-state index is 2.56. The number of hydrogen-bond acceptors (Lipinski definition) is 0. The topological polar surface area (TPSA) is 0 Å². The molecule has 76 valence electrons. The zero-order chi connectivity index (χ0) is 9.78. The third-order valence-electron chi connectivity index (χ3n) is 1.99. The van der Waals surface area contributed by atoms with Gasteiger partial charge in [-0.05, 0) is 0 Å². The predicted octanol–water partition coefficient (Wildman–Crippen LogP) is -0.144. The molecule has 0 amide bonds. The molecule has 0 saturated carbocycles. The lowest BCUT2D eigenvalue weighted by molar-refractivity contribution is 1.46. The molecule has 0 aromatic carbocycles. The van der Waals surface area contributed by atoms with Crippen LogP contribution in [0.2, 0.25) is 17.8 Å². The Morgan fingerprint density at radius 3 is 1.46 bits per heavy atom. The summed E-state index contributed by atoms with van der Waals surface area (Å²) in [7, 11) is 0.939. The Morgan fingerprint density at radius 2 is 1.08 bits per heavy atom. The van der Waals surface area contributed by atoms with Crippen molar-refractivity contribution in [1.29, 1.82) is 0 Å². The number of hydrogen-bond donors (Lipinski definition) is 0. The van der Waals surface area contributed by atoms with E-state index in [2.05, 4.69) is 36.6 Å². The second-order valence-corrected chi connectivity index (χ2v) is 12.5. The molecule has 0 radical (unpaired) electrons. The lowest BCUT2D eigenvalue weighted by Gasteiger charge is -1.88. The second-order valence-electron chi connectivity index (χ2n) is 3.45. The average Bonchev–Trinajstić information content (AvgIpc) is 2.16. The van der Waals surface area contributed by atoms with Gasteiger partial charge in [-0.3, -0.25) is 0 Å². The molecule has 0 atom stereocenters. The molecule has 0 N–H and O–H groups in total. The minimum absolute atomic E-state index is 0.233. The molecule has 0 fully saturated rings. The fourth-order valence-electron chi connectivity index (χ4n) is 1.16. The molecule has 0 aliphatic carbocycles. The van der Waals surface area contributed by atoms with E-state index in [9.17, 15) is 0 Å². The highest BCUT2D eigenvalue weighted by atomic mass is 28.3. The molecule has 0 unspecified atom stereocenters. The van der Waals surface area contributed by atoms with E-state index in [-0.39, 0.29) is 38.1 Å². The van der Waals surface area contributed by atoms with Crippen molar-refractivity contribution in [3.8, 4) is 0 Å². The zero-order valence-electron chi connectivity index (χ0n) is 9.26. The van der Waals surface area contributed by atoms with Crippen molar-refractivity contribution in [3.63, 3.8) is 0 Å². The molecular weight excluding hydrogens is 220 g/mol. The van der Waals surface area contributed by atoms with Crippen molar-refractivity contribution < 1.29 is 0 Å². The van der Waals surface area contributed by atoms with E-state index >= 15 is 0 Å². The van der Waals surface area contributed by atoms with Gasteiger partial charge in [0.05, 0.1) is 0 Å². The van der Waals surface area contributed by atoms with Crippen molar-refractivity contribution in [2.45, 2.75) is 31.6 Å². The minimum Gasteiger partial charge on any atom is -0.110 e. The van der Waals surface area contributed by atoms with Crippen molar-refractivity contribution in [2.24, 2.45) is 0 Å². The Balaban J connectivity index is 3.07. The highest BCUT2D eigenvalue weighted by molar-refractivity contribution is 6.63. The summed E-state index contributed by atoms with van der Waals surface area (Å²) < 4.78 is 0. The van der Waals surface area contributed by atoms with Gasteiger partial charge < -0.3 is 0 Å². The van der Waals surface area contributed by atoms with Crippen LogP contribution in [0.5, 0.6) is 0 Å². The molecule has 0 rings (SSSR count). The van der Waals surface area contributed by atoms with Crippen molar-refractivity contribution in [2.75, 3.05) is 0 Å². The van der Waals surface area contributed by atoms with Gasteiger partial charge in [0.1, 0.15) is 0 Å². The summed E-state index contributed by atoms with van der Waals surface area (Å²) in [6.07, 6.45) is 0. The minimum atomic E-state index is 0.233. The zero-order valence-corrected chi connectivity index (χ0v) is 14.9. The van der Waals surface area contributed by atoms with Gasteiger partial charge in [0.25, 0.3) is 0 Å². The summed E-state index contributed by atoms with van der Waals surface area (Å²) in [5.41, 5.74) is 11.8. The van der Waals surface area contributed by atoms with Gasteiger partial charge in [0, 0.05) is 38.1 Å². The highest BCUT2D eigenvalue weighted by Crippen LogP contribution is 1.82. The number of rotatable bonds is 8. The lowest BCUT2D eigenvalue weighted by Crippen LogP contribution is -1.93. The molecule has 13 heavy (non-hydrogen) atoms. The molecule has 0 aromatic heterocycles. The van der Waals surface area contributed by atoms with Gasteiger partial charge in [-0.2, -0.15) is 0 Å². The first kappa shape index (κ1) is 13.3. The molecule has 0 aliphatic rings. The van der Waals surface area contributed by atoms with Crippen LogP contribution in [-0.4, -0.2) is 38.1 Å². The van der Waals surface area contributed by atoms with Gasteiger partial charge in [0.15, 0.2) is 0 Å². The smallest absolute Gasteiger partial charge is 0.0442 e. The first-order valence-corrected chi connectivity index (χ1v) is 13.0. The monoisotopic (exact) mass is 244 g/mol. The van der Waals surface area contributed by atoms with Crippen LogP contribution in [0.15, 0.2) is 22.8 Å². The van der Waals surface area contributed by atoms with E-state index < -0.39 is 0 Å². The Labute approximate surface area is 92.6 Å². The summed E-state index contributed by atoms with van der Waals surface area (Å²) in [5, 5.41) is 0. The SMILES string of the molecule is CC[SiH2]C=C[SiH2]C[SiH2]C=C[SiH2]CC. The molecule has 0 bridgehead atoms. The summed E-state index contributed by atoms with van der Waals surface area (Å²) in [6, 6.07) is 2.90. The van der Waals surface area contributed by atoms with Crippen LogP contribution < -0.4 is 0 Å². The standard InChI is InChI=1S/C9H24Si4/c1-3-10-5-7-12-9-13-8-6-11-4-2/h5-8H,3-4,9-13H2,1-2H3. The summed E-state index contributed by atoms with van der Waals surface area (Å²) in [6.45, 7) is 4.62. The molecule has 0 spiro atoms. The average molecular weight is 245 g/mol. The molecule has 0 heterocycles. The van der Waals surface area contributed by atoms with E-state index in [0.717, 1.165) is 0 Å². The van der Waals surface area contributed by atoms with Crippen molar-refractivity contribution in [3.05, 3.63) is 22.8 Å². The first-order chi connectivity index (χ1) is 6.41. The van der Waals surface area contributed by atoms with Crippen LogP contribution in [0.1, 0.15) is 13.8 Å². The maximum Gasteiger partial charge on any atom is 0.0442 e. The normalized spacial score (nSPS) is 15.5. The highest BCUT2D eigenvalue weighted by Gasteiger charge is 1.82. The van der Waals surface area contributed by atoms with Gasteiger partial charge in [0.2, 0.25) is 0 Å². The Kier molecular flexibility index (Phi) is 12.7. The molecule has 0 nitrogen and oxygen atoms in total. The Morgan fingerprint density at radius 1 is 0.692 bits per heavy atom. The molecule has 0 aliphatic heterocycles. The third-order valence-corrected chi connectivity index (χ3v) is 10.4. The summed E-state index contributed by atoms with van der Waals surface area (Å²) in [4.78, 5) is 0. The van der Waals surface area contributed by atoms with E-state index in [4.69, 9.17) is 0 Å². The first-order valence-electron chi connectivity index (χ1n) is 5.71. The van der Waals surface area contributed by atoms with Crippen LogP contribution in [0.25, 0.3) is 0 Å². The van der Waals surface area contributed by atoms with E-state index in [1.165, 1.54) is 12.1 Å². The second kappa shape index (κ2) is 12.3. The Bertz CT molecular complexity index is 127. The Hall–Kier alpha value is 0.348. The molecule has 4 heteroatoms. The van der Waals surface area contributed by atoms with Gasteiger partial charge in [-0.1, -0.05) is 31.6 Å². The van der Waals surface area contributed by atoms with Crippen LogP contribution in [0.3, 0.4) is 0 Å². The van der Waals surface area contributed by atoms with Gasteiger partial charge >= 0.3 is 0 Å². The molecular formula is C9H24Si4. The van der Waals surface area contributed by atoms with Crippen LogP contribution in [0, 0.1) is 0 Å². The van der Waals surface area contributed by atoms with E-state index in [0.29, 0.717) is 0 Å². The van der Waals surface area contributed by atoms with Crippen LogP contribution in [0.4, 0.5) is 0 Å². The third kappa shape index (κ3) is 12.3. The van der Waals surface area contributed by atoms with Crippen molar-refractivity contribution in [1.82, 2.24) is 0 Å². The van der Waals surface area contributed by atoms with Gasteiger partial charge in [-0.15, -0.1) is 22.8 Å². The van der Waals surface area contributed by atoms with E-state index in [1.807, 2.05) is 0 Å². The van der Waals surface area contributed by atoms with Crippen LogP contribution in [-0.2, 0) is 0 Å². The van der Waals surface area contributed by atoms with E-state index in [1.54, 1.807) is 5.67 Å². The molecule has 0 aromatic rings. The lowest BCUT2D eigenvalue weighted by atomic mass is 11.0. The fourth-order valence-corrected chi connectivity index (χ4v) is 8.42. The van der Waals surface area contributed by atoms with Gasteiger partial charge in [-0.25, -0.2) is 0 Å².